The Bertz CT molecular complexity index is 1220. The zero-order valence-corrected chi connectivity index (χ0v) is 22.4. The van der Waals surface area contributed by atoms with Gasteiger partial charge in [-0.3, -0.25) is 19.8 Å². The van der Waals surface area contributed by atoms with Gasteiger partial charge in [0.1, 0.15) is 5.00 Å². The molecule has 0 fully saturated rings. The van der Waals surface area contributed by atoms with Crippen LogP contribution in [0.4, 0.5) is 9.80 Å². The molecule has 10 nitrogen and oxygen atoms in total. The number of likely N-dealkylation sites (N-methyl/N-ethyl adjacent to an activating group) is 1. The molecular formula is C24H33N5O5S2. The van der Waals surface area contributed by atoms with Crippen molar-refractivity contribution in [2.24, 2.45) is 5.73 Å². The molecule has 0 spiro atoms. The van der Waals surface area contributed by atoms with E-state index in [1.807, 2.05) is 13.8 Å². The number of fused-ring (bicyclic) bond motifs is 1. The van der Waals surface area contributed by atoms with Gasteiger partial charge in [-0.25, -0.2) is 13.2 Å². The van der Waals surface area contributed by atoms with Gasteiger partial charge < -0.3 is 11.1 Å². The molecule has 0 atom stereocenters. The number of primary amides is 1. The summed E-state index contributed by atoms with van der Waals surface area (Å²) in [5.74, 6) is -1.15. The lowest BCUT2D eigenvalue weighted by molar-refractivity contribution is 0.0965. The van der Waals surface area contributed by atoms with Crippen LogP contribution in [0.15, 0.2) is 29.2 Å². The molecule has 0 bridgehead atoms. The van der Waals surface area contributed by atoms with Crippen LogP contribution in [0.3, 0.4) is 0 Å². The number of anilines is 1. The molecule has 0 radical (unpaired) electrons. The van der Waals surface area contributed by atoms with Gasteiger partial charge >= 0.3 is 6.03 Å². The van der Waals surface area contributed by atoms with Crippen LogP contribution in [-0.2, 0) is 23.0 Å². The van der Waals surface area contributed by atoms with Gasteiger partial charge in [0.2, 0.25) is 10.0 Å². The molecule has 1 aliphatic heterocycles. The summed E-state index contributed by atoms with van der Waals surface area (Å²) in [5, 5.41) is 5.21. The Morgan fingerprint density at radius 3 is 2.25 bits per heavy atom. The van der Waals surface area contributed by atoms with Crippen LogP contribution in [0.5, 0.6) is 0 Å². The maximum Gasteiger partial charge on any atom is 0.319 e. The zero-order chi connectivity index (χ0) is 26.5. The molecule has 2 aromatic rings. The van der Waals surface area contributed by atoms with Gasteiger partial charge in [0, 0.05) is 36.6 Å². The van der Waals surface area contributed by atoms with E-state index < -0.39 is 27.9 Å². The quantitative estimate of drug-likeness (QED) is 0.427. The first-order valence-corrected chi connectivity index (χ1v) is 14.3. The molecule has 0 unspecified atom stereocenters. The Labute approximate surface area is 215 Å². The molecule has 36 heavy (non-hydrogen) atoms. The first-order chi connectivity index (χ1) is 17.1. The summed E-state index contributed by atoms with van der Waals surface area (Å²) in [6.07, 6.45) is 2.01. The molecular weight excluding hydrogens is 502 g/mol. The Morgan fingerprint density at radius 2 is 1.69 bits per heavy atom. The number of rotatable bonds is 10. The van der Waals surface area contributed by atoms with Crippen LogP contribution in [-0.4, -0.2) is 61.6 Å². The standard InChI is InChI=1S/C24H33N5O5S2/c1-4-12-29(13-5-2)36(33,34)17-9-7-16(8-10-17)21(30)26-23-20(22(31)27-24(25)32)18-11-14-28(6-3)15-19(18)35-23/h7-10H,4-6,11-15H2,1-3H3,(H,26,30)(H3,25,27,31,32). The van der Waals surface area contributed by atoms with E-state index in [0.717, 1.165) is 23.5 Å². The van der Waals surface area contributed by atoms with Gasteiger partial charge in [0.25, 0.3) is 11.8 Å². The maximum atomic E-state index is 13.0. The summed E-state index contributed by atoms with van der Waals surface area (Å²) in [6, 6.07) is 4.77. The van der Waals surface area contributed by atoms with E-state index in [1.54, 1.807) is 0 Å². The molecule has 4 N–H and O–H groups in total. The molecule has 12 heteroatoms. The largest absolute Gasteiger partial charge is 0.351 e. The molecule has 1 aromatic heterocycles. The molecule has 4 amide bonds. The van der Waals surface area contributed by atoms with E-state index >= 15 is 0 Å². The highest BCUT2D eigenvalue weighted by atomic mass is 32.2. The van der Waals surface area contributed by atoms with Crippen LogP contribution in [0, 0.1) is 0 Å². The first kappa shape index (κ1) is 27.8. The van der Waals surface area contributed by atoms with E-state index in [1.165, 1.54) is 39.9 Å². The Balaban J connectivity index is 1.87. The number of benzene rings is 1. The highest BCUT2D eigenvalue weighted by Gasteiger charge is 2.29. The van der Waals surface area contributed by atoms with Gasteiger partial charge in [0.15, 0.2) is 0 Å². The van der Waals surface area contributed by atoms with Crippen LogP contribution < -0.4 is 16.4 Å². The average Bonchev–Trinajstić information content (AvgIpc) is 3.20. The number of nitrogens with one attached hydrogen (secondary N) is 2. The molecule has 3 rings (SSSR count). The predicted octanol–water partition coefficient (Wildman–Crippen LogP) is 3.00. The molecule has 1 aromatic carbocycles. The number of imide groups is 1. The molecule has 196 valence electrons. The number of amides is 4. The summed E-state index contributed by atoms with van der Waals surface area (Å²) in [6.45, 7) is 8.99. The van der Waals surface area contributed by atoms with Gasteiger partial charge in [-0.15, -0.1) is 11.3 Å². The highest BCUT2D eigenvalue weighted by Crippen LogP contribution is 2.37. The number of hydrogen-bond donors (Lipinski definition) is 3. The fourth-order valence-corrected chi connectivity index (χ4v) is 7.09. The van der Waals surface area contributed by atoms with Crippen molar-refractivity contribution in [3.8, 4) is 0 Å². The van der Waals surface area contributed by atoms with E-state index in [9.17, 15) is 22.8 Å². The summed E-state index contributed by atoms with van der Waals surface area (Å²) in [7, 11) is -3.66. The normalized spacial score (nSPS) is 13.9. The lowest BCUT2D eigenvalue weighted by Gasteiger charge is -2.25. The molecule has 1 aliphatic rings. The van der Waals surface area contributed by atoms with E-state index in [2.05, 4.69) is 22.5 Å². The minimum atomic E-state index is -3.66. The van der Waals surface area contributed by atoms with Crippen molar-refractivity contribution in [3.63, 3.8) is 0 Å². The van der Waals surface area contributed by atoms with Gasteiger partial charge in [0.05, 0.1) is 10.5 Å². The highest BCUT2D eigenvalue weighted by molar-refractivity contribution is 7.89. The molecule has 0 saturated heterocycles. The third-order valence-corrected chi connectivity index (χ3v) is 9.02. The lowest BCUT2D eigenvalue weighted by atomic mass is 10.0. The number of nitrogens with zero attached hydrogens (tertiary/aromatic N) is 2. The van der Waals surface area contributed by atoms with Gasteiger partial charge in [-0.2, -0.15) is 4.31 Å². The minimum Gasteiger partial charge on any atom is -0.351 e. The smallest absolute Gasteiger partial charge is 0.319 e. The van der Waals surface area contributed by atoms with Crippen molar-refractivity contribution in [1.82, 2.24) is 14.5 Å². The van der Waals surface area contributed by atoms with Crippen molar-refractivity contribution in [2.75, 3.05) is 31.5 Å². The number of carbonyl (C=O) groups is 3. The number of carbonyl (C=O) groups excluding carboxylic acids is 3. The van der Waals surface area contributed by atoms with Crippen molar-refractivity contribution in [1.29, 1.82) is 0 Å². The molecule has 0 saturated carbocycles. The lowest BCUT2D eigenvalue weighted by Crippen LogP contribution is -2.36. The third-order valence-electron chi connectivity index (χ3n) is 5.97. The van der Waals surface area contributed by atoms with Crippen LogP contribution in [0.1, 0.15) is 64.8 Å². The second kappa shape index (κ2) is 12.0. The second-order valence-electron chi connectivity index (χ2n) is 8.53. The monoisotopic (exact) mass is 535 g/mol. The number of hydrogen-bond acceptors (Lipinski definition) is 7. The Kier molecular flexibility index (Phi) is 9.23. The average molecular weight is 536 g/mol. The van der Waals surface area contributed by atoms with Crippen LogP contribution >= 0.6 is 11.3 Å². The van der Waals surface area contributed by atoms with Crippen molar-refractivity contribution in [3.05, 3.63) is 45.8 Å². The van der Waals surface area contributed by atoms with Crippen molar-refractivity contribution in [2.45, 2.75) is 51.5 Å². The minimum absolute atomic E-state index is 0.119. The summed E-state index contributed by atoms with van der Waals surface area (Å²) >= 11 is 1.29. The van der Waals surface area contributed by atoms with E-state index in [-0.39, 0.29) is 16.0 Å². The summed E-state index contributed by atoms with van der Waals surface area (Å²) in [5.41, 5.74) is 6.44. The number of thiophene rings is 1. The fourth-order valence-electron chi connectivity index (χ4n) is 4.18. The zero-order valence-electron chi connectivity index (χ0n) is 20.8. The number of sulfonamides is 1. The first-order valence-electron chi connectivity index (χ1n) is 12.0. The summed E-state index contributed by atoms with van der Waals surface area (Å²) < 4.78 is 27.4. The van der Waals surface area contributed by atoms with Gasteiger partial charge in [-0.1, -0.05) is 20.8 Å². The Hall–Kier alpha value is -2.80. The number of nitrogens with two attached hydrogens (primary N) is 1. The fraction of sp³-hybridized carbons (Fsp3) is 0.458. The third kappa shape index (κ3) is 6.12. The van der Waals surface area contributed by atoms with Gasteiger partial charge in [-0.05, 0) is 55.6 Å². The SMILES string of the molecule is CCCN(CCC)S(=O)(=O)c1ccc(C(=O)Nc2sc3c(c2C(=O)NC(N)=O)CCN(CC)C3)cc1. The number of urea groups is 1. The van der Waals surface area contributed by atoms with Crippen LogP contribution in [0.2, 0.25) is 0 Å². The second-order valence-corrected chi connectivity index (χ2v) is 11.6. The topological polar surface area (TPSA) is 142 Å². The predicted molar refractivity (Wildman–Crippen MR) is 140 cm³/mol. The molecule has 2 heterocycles. The van der Waals surface area contributed by atoms with E-state index in [4.69, 9.17) is 5.73 Å². The van der Waals surface area contributed by atoms with Crippen molar-refractivity contribution >= 4 is 44.2 Å². The Morgan fingerprint density at radius 1 is 1.06 bits per heavy atom. The van der Waals surface area contributed by atoms with Crippen molar-refractivity contribution < 1.29 is 22.8 Å². The summed E-state index contributed by atoms with van der Waals surface area (Å²) in [4.78, 5) is 40.4. The van der Waals surface area contributed by atoms with Crippen LogP contribution in [0.25, 0.3) is 0 Å². The van der Waals surface area contributed by atoms with E-state index in [0.29, 0.717) is 43.9 Å². The maximum absolute atomic E-state index is 13.0. The molecule has 0 aliphatic carbocycles.